The highest BCUT2D eigenvalue weighted by Gasteiger charge is 2.22. The van der Waals surface area contributed by atoms with Crippen molar-refractivity contribution in [1.29, 1.82) is 0 Å². The molecule has 0 unspecified atom stereocenters. The summed E-state index contributed by atoms with van der Waals surface area (Å²) in [6.07, 6.45) is 2.57. The predicted octanol–water partition coefficient (Wildman–Crippen LogP) is 3.28. The molecule has 0 aromatic rings. The number of hydrogen-bond acceptors (Lipinski definition) is 7. The second-order valence-corrected chi connectivity index (χ2v) is 10.5. The fourth-order valence-corrected chi connectivity index (χ4v) is 2.59. The van der Waals surface area contributed by atoms with Crippen LogP contribution in [-0.2, 0) is 23.8 Å². The quantitative estimate of drug-likeness (QED) is 0.389. The molecule has 0 bridgehead atoms. The van der Waals surface area contributed by atoms with Crippen LogP contribution in [-0.4, -0.2) is 69.2 Å². The van der Waals surface area contributed by atoms with Crippen molar-refractivity contribution in [3.05, 3.63) is 0 Å². The van der Waals surface area contributed by atoms with Crippen molar-refractivity contribution in [2.45, 2.75) is 78.4 Å². The van der Waals surface area contributed by atoms with E-state index in [1.54, 1.807) is 46.4 Å². The molecule has 10 heteroatoms. The van der Waals surface area contributed by atoms with Crippen molar-refractivity contribution in [1.82, 2.24) is 10.2 Å². The third-order valence-electron chi connectivity index (χ3n) is 3.29. The van der Waals surface area contributed by atoms with Crippen LogP contribution in [0.25, 0.3) is 0 Å². The molecule has 9 nitrogen and oxygen atoms in total. The smallest absolute Gasteiger partial charge is 0.410 e. The first kappa shape index (κ1) is 27.5. The Morgan fingerprint density at radius 1 is 0.862 bits per heavy atom. The molecule has 0 fully saturated rings. The first-order chi connectivity index (χ1) is 13.1. The summed E-state index contributed by atoms with van der Waals surface area (Å²) < 4.78 is 37.3. The molecular formula is C19H38N2O7S. The van der Waals surface area contributed by atoms with Crippen LogP contribution in [0.3, 0.4) is 0 Å². The first-order valence-corrected chi connectivity index (χ1v) is 11.7. The lowest BCUT2D eigenvalue weighted by molar-refractivity contribution is 0.0240. The van der Waals surface area contributed by atoms with E-state index in [0.717, 1.165) is 6.26 Å². The van der Waals surface area contributed by atoms with Crippen LogP contribution in [0.2, 0.25) is 0 Å². The Labute approximate surface area is 175 Å². The van der Waals surface area contributed by atoms with Gasteiger partial charge in [0.1, 0.15) is 11.2 Å². The number of rotatable bonds is 11. The van der Waals surface area contributed by atoms with Gasteiger partial charge < -0.3 is 19.7 Å². The monoisotopic (exact) mass is 438 g/mol. The van der Waals surface area contributed by atoms with Gasteiger partial charge in [0, 0.05) is 19.6 Å². The molecular weight excluding hydrogens is 400 g/mol. The van der Waals surface area contributed by atoms with E-state index in [1.165, 1.54) is 0 Å². The third-order valence-corrected chi connectivity index (χ3v) is 3.89. The number of alkyl carbamates (subject to hydrolysis) is 1. The SMILES string of the molecule is CC(C)(C)OC(=O)NCCCCN(CCCCOS(C)(=O)=O)C(=O)OC(C)(C)C. The van der Waals surface area contributed by atoms with Crippen LogP contribution in [0.4, 0.5) is 9.59 Å². The summed E-state index contributed by atoms with van der Waals surface area (Å²) >= 11 is 0. The molecule has 0 aliphatic rings. The molecule has 0 aliphatic heterocycles. The summed E-state index contributed by atoms with van der Waals surface area (Å²) in [6.45, 7) is 12.2. The minimum atomic E-state index is -3.45. The van der Waals surface area contributed by atoms with Crippen LogP contribution in [0.5, 0.6) is 0 Å². The van der Waals surface area contributed by atoms with Crippen molar-refractivity contribution in [3.8, 4) is 0 Å². The summed E-state index contributed by atoms with van der Waals surface area (Å²) in [6, 6.07) is 0. The maximum absolute atomic E-state index is 12.4. The average molecular weight is 439 g/mol. The van der Waals surface area contributed by atoms with E-state index in [2.05, 4.69) is 5.32 Å². The molecule has 1 N–H and O–H groups in total. The lowest BCUT2D eigenvalue weighted by atomic mass is 10.2. The van der Waals surface area contributed by atoms with Gasteiger partial charge in [-0.05, 0) is 67.2 Å². The molecule has 0 aromatic heterocycles. The summed E-state index contributed by atoms with van der Waals surface area (Å²) in [4.78, 5) is 25.6. The first-order valence-electron chi connectivity index (χ1n) is 9.88. The highest BCUT2D eigenvalue weighted by atomic mass is 32.2. The standard InChI is InChI=1S/C19H38N2O7S/c1-18(2,3)27-16(22)20-12-8-9-13-21(17(23)28-19(4,5)6)14-10-11-15-26-29(7,24)25/h8-15H2,1-7H3,(H,20,22). The Bertz CT molecular complexity index is 607. The minimum Gasteiger partial charge on any atom is -0.444 e. The summed E-state index contributed by atoms with van der Waals surface area (Å²) in [5.41, 5.74) is -1.15. The lowest BCUT2D eigenvalue weighted by Crippen LogP contribution is -2.38. The van der Waals surface area contributed by atoms with Gasteiger partial charge in [-0.3, -0.25) is 4.18 Å². The Hall–Kier alpha value is -1.55. The zero-order chi connectivity index (χ0) is 22.7. The van der Waals surface area contributed by atoms with Gasteiger partial charge >= 0.3 is 12.2 Å². The molecule has 172 valence electrons. The molecule has 0 aliphatic carbocycles. The number of carbonyl (C=O) groups excluding carboxylic acids is 2. The number of amides is 2. The molecule has 2 amide bonds. The van der Waals surface area contributed by atoms with Crippen LogP contribution in [0, 0.1) is 0 Å². The van der Waals surface area contributed by atoms with Crippen LogP contribution < -0.4 is 5.32 Å². The maximum Gasteiger partial charge on any atom is 0.410 e. The van der Waals surface area contributed by atoms with Gasteiger partial charge in [-0.1, -0.05) is 0 Å². The molecule has 0 rings (SSSR count). The number of ether oxygens (including phenoxy) is 2. The van der Waals surface area contributed by atoms with Gasteiger partial charge in [0.25, 0.3) is 10.1 Å². The minimum absolute atomic E-state index is 0.0841. The average Bonchev–Trinajstić information content (AvgIpc) is 2.47. The van der Waals surface area contributed by atoms with E-state index in [9.17, 15) is 18.0 Å². The van der Waals surface area contributed by atoms with Gasteiger partial charge in [0.15, 0.2) is 0 Å². The summed E-state index contributed by atoms with van der Waals surface area (Å²) in [7, 11) is -3.45. The maximum atomic E-state index is 12.4. The van der Waals surface area contributed by atoms with Crippen molar-refractivity contribution in [2.24, 2.45) is 0 Å². The number of hydrogen-bond donors (Lipinski definition) is 1. The van der Waals surface area contributed by atoms with Crippen molar-refractivity contribution < 1.29 is 31.7 Å². The topological polar surface area (TPSA) is 111 Å². The van der Waals surface area contributed by atoms with E-state index in [-0.39, 0.29) is 6.61 Å². The van der Waals surface area contributed by atoms with Gasteiger partial charge in [-0.15, -0.1) is 0 Å². The van der Waals surface area contributed by atoms with E-state index in [1.807, 2.05) is 0 Å². The second kappa shape index (κ2) is 12.2. The predicted molar refractivity (Wildman–Crippen MR) is 111 cm³/mol. The summed E-state index contributed by atoms with van der Waals surface area (Å²) in [5, 5.41) is 2.69. The third kappa shape index (κ3) is 18.2. The highest BCUT2D eigenvalue weighted by molar-refractivity contribution is 7.85. The highest BCUT2D eigenvalue weighted by Crippen LogP contribution is 2.12. The van der Waals surface area contributed by atoms with Crippen LogP contribution in [0.15, 0.2) is 0 Å². The van der Waals surface area contributed by atoms with E-state index >= 15 is 0 Å². The molecule has 0 saturated carbocycles. The molecule has 0 radical (unpaired) electrons. The van der Waals surface area contributed by atoms with Crippen molar-refractivity contribution >= 4 is 22.3 Å². The fraction of sp³-hybridized carbons (Fsp3) is 0.895. The molecule has 0 aromatic carbocycles. The fourth-order valence-electron chi connectivity index (χ4n) is 2.17. The van der Waals surface area contributed by atoms with E-state index in [4.69, 9.17) is 13.7 Å². The van der Waals surface area contributed by atoms with Crippen molar-refractivity contribution in [2.75, 3.05) is 32.5 Å². The number of unbranched alkanes of at least 4 members (excludes halogenated alkanes) is 2. The number of nitrogens with one attached hydrogen (secondary N) is 1. The largest absolute Gasteiger partial charge is 0.444 e. The zero-order valence-corrected chi connectivity index (χ0v) is 19.7. The molecule has 29 heavy (non-hydrogen) atoms. The van der Waals surface area contributed by atoms with Crippen LogP contribution >= 0.6 is 0 Å². The second-order valence-electron chi connectivity index (χ2n) is 8.84. The molecule has 0 saturated heterocycles. The Morgan fingerprint density at radius 2 is 1.38 bits per heavy atom. The van der Waals surface area contributed by atoms with Crippen LogP contribution in [0.1, 0.15) is 67.2 Å². The number of nitrogens with zero attached hydrogens (tertiary/aromatic N) is 1. The zero-order valence-electron chi connectivity index (χ0n) is 18.9. The van der Waals surface area contributed by atoms with Crippen molar-refractivity contribution in [3.63, 3.8) is 0 Å². The number of carbonyl (C=O) groups is 2. The van der Waals surface area contributed by atoms with Gasteiger partial charge in [-0.2, -0.15) is 8.42 Å². The van der Waals surface area contributed by atoms with E-state index < -0.39 is 33.5 Å². The Kier molecular flexibility index (Phi) is 11.6. The lowest BCUT2D eigenvalue weighted by Gasteiger charge is -2.27. The summed E-state index contributed by atoms with van der Waals surface area (Å²) in [5.74, 6) is 0. The Balaban J connectivity index is 4.37. The van der Waals surface area contributed by atoms with E-state index in [0.29, 0.717) is 45.3 Å². The van der Waals surface area contributed by atoms with Gasteiger partial charge in [0.2, 0.25) is 0 Å². The molecule has 0 spiro atoms. The molecule has 0 heterocycles. The molecule has 0 atom stereocenters. The Morgan fingerprint density at radius 3 is 1.86 bits per heavy atom. The normalized spacial score (nSPS) is 12.4. The van der Waals surface area contributed by atoms with Gasteiger partial charge in [-0.25, -0.2) is 9.59 Å². The van der Waals surface area contributed by atoms with Gasteiger partial charge in [0.05, 0.1) is 12.9 Å².